The van der Waals surface area contributed by atoms with Crippen LogP contribution in [0.15, 0.2) is 23.7 Å². The number of anilines is 2. The van der Waals surface area contributed by atoms with Gasteiger partial charge in [-0.2, -0.15) is 0 Å². The summed E-state index contributed by atoms with van der Waals surface area (Å²) in [7, 11) is 0. The Morgan fingerprint density at radius 2 is 2.40 bits per heavy atom. The molecule has 102 valence electrons. The molecule has 0 atom stereocenters. The maximum absolute atomic E-state index is 12.4. The second-order valence-corrected chi connectivity index (χ2v) is 5.50. The summed E-state index contributed by atoms with van der Waals surface area (Å²) in [5.74, 6) is 0.0995. The minimum absolute atomic E-state index is 0.00797. The quantitative estimate of drug-likeness (QED) is 0.905. The van der Waals surface area contributed by atoms with E-state index in [2.05, 4.69) is 15.3 Å². The highest BCUT2D eigenvalue weighted by molar-refractivity contribution is 7.09. The largest absolute Gasteiger partial charge is 0.321 e. The maximum Gasteiger partial charge on any atom is 0.244 e. The highest BCUT2D eigenvalue weighted by atomic mass is 32.1. The molecular weight excluding hydrogens is 276 g/mol. The molecule has 0 saturated heterocycles. The predicted octanol–water partition coefficient (Wildman–Crippen LogP) is 1.37. The van der Waals surface area contributed by atoms with Crippen molar-refractivity contribution in [1.29, 1.82) is 0 Å². The summed E-state index contributed by atoms with van der Waals surface area (Å²) < 4.78 is 0. The Hall–Kier alpha value is -2.28. The van der Waals surface area contributed by atoms with Crippen molar-refractivity contribution in [3.63, 3.8) is 0 Å². The third-order valence-electron chi connectivity index (χ3n) is 2.92. The first kappa shape index (κ1) is 12.7. The zero-order valence-corrected chi connectivity index (χ0v) is 11.6. The average Bonchev–Trinajstić information content (AvgIpc) is 2.83. The van der Waals surface area contributed by atoms with Crippen molar-refractivity contribution < 1.29 is 9.59 Å². The molecule has 2 amide bonds. The number of rotatable bonds is 2. The van der Waals surface area contributed by atoms with Gasteiger partial charge in [-0.05, 0) is 19.1 Å². The van der Waals surface area contributed by atoms with Crippen LogP contribution in [-0.4, -0.2) is 28.3 Å². The zero-order chi connectivity index (χ0) is 14.1. The van der Waals surface area contributed by atoms with Gasteiger partial charge >= 0.3 is 0 Å². The van der Waals surface area contributed by atoms with Gasteiger partial charge in [-0.15, -0.1) is 11.3 Å². The second-order valence-electron chi connectivity index (χ2n) is 4.44. The van der Waals surface area contributed by atoms with Crippen LogP contribution in [0.25, 0.3) is 0 Å². The maximum atomic E-state index is 12.4. The number of carbonyl (C=O) groups excluding carboxylic acids is 2. The Kier molecular flexibility index (Phi) is 3.19. The Labute approximate surface area is 119 Å². The molecular formula is C13H12N4O2S. The van der Waals surface area contributed by atoms with Crippen LogP contribution in [0, 0.1) is 6.92 Å². The van der Waals surface area contributed by atoms with Gasteiger partial charge in [0, 0.05) is 11.6 Å². The highest BCUT2D eigenvalue weighted by Crippen LogP contribution is 2.26. The number of nitrogens with zero attached hydrogens (tertiary/aromatic N) is 3. The second kappa shape index (κ2) is 5.01. The lowest BCUT2D eigenvalue weighted by atomic mass is 10.2. The van der Waals surface area contributed by atoms with E-state index in [1.165, 1.54) is 16.2 Å². The molecule has 2 aromatic heterocycles. The number of nitrogens with one attached hydrogen (secondary N) is 1. The zero-order valence-electron chi connectivity index (χ0n) is 10.8. The number of pyridine rings is 1. The molecule has 0 radical (unpaired) electrons. The molecule has 0 fully saturated rings. The van der Waals surface area contributed by atoms with Crippen LogP contribution >= 0.6 is 11.3 Å². The van der Waals surface area contributed by atoms with Crippen LogP contribution in [0.4, 0.5) is 11.5 Å². The summed E-state index contributed by atoms with van der Waals surface area (Å²) in [5.41, 5.74) is 1.28. The smallest absolute Gasteiger partial charge is 0.244 e. The number of amides is 2. The number of aromatic nitrogens is 2. The summed E-state index contributed by atoms with van der Waals surface area (Å²) in [6.07, 6.45) is 1.78. The molecule has 3 rings (SSSR count). The summed E-state index contributed by atoms with van der Waals surface area (Å²) in [6.45, 7) is 1.88. The van der Waals surface area contributed by atoms with Crippen molar-refractivity contribution in [3.05, 3.63) is 34.4 Å². The summed E-state index contributed by atoms with van der Waals surface area (Å²) in [6, 6.07) is 3.45. The molecule has 0 aliphatic carbocycles. The van der Waals surface area contributed by atoms with Gasteiger partial charge < -0.3 is 5.32 Å². The van der Waals surface area contributed by atoms with Crippen molar-refractivity contribution in [1.82, 2.24) is 9.97 Å². The molecule has 1 aliphatic heterocycles. The predicted molar refractivity (Wildman–Crippen MR) is 75.8 cm³/mol. The fourth-order valence-corrected chi connectivity index (χ4v) is 2.68. The molecule has 1 aliphatic rings. The first-order valence-corrected chi connectivity index (χ1v) is 6.97. The molecule has 1 N–H and O–H groups in total. The van der Waals surface area contributed by atoms with Crippen LogP contribution < -0.4 is 10.2 Å². The number of thiazole rings is 1. The Bertz CT molecular complexity index is 683. The van der Waals surface area contributed by atoms with Crippen LogP contribution in [0.3, 0.4) is 0 Å². The minimum atomic E-state index is -0.215. The van der Waals surface area contributed by atoms with E-state index in [9.17, 15) is 9.59 Å². The Morgan fingerprint density at radius 1 is 1.55 bits per heavy atom. The molecule has 20 heavy (non-hydrogen) atoms. The van der Waals surface area contributed by atoms with E-state index in [4.69, 9.17) is 0 Å². The van der Waals surface area contributed by atoms with E-state index in [0.29, 0.717) is 11.5 Å². The van der Waals surface area contributed by atoms with Crippen LogP contribution in [0.5, 0.6) is 0 Å². The van der Waals surface area contributed by atoms with E-state index < -0.39 is 0 Å². The SMILES string of the molecule is Cc1nc(CC(=O)N2CC(=O)Nc3cccnc32)cs1. The van der Waals surface area contributed by atoms with E-state index in [0.717, 1.165) is 10.7 Å². The highest BCUT2D eigenvalue weighted by Gasteiger charge is 2.28. The molecule has 0 saturated carbocycles. The van der Waals surface area contributed by atoms with Crippen LogP contribution in [0.2, 0.25) is 0 Å². The molecule has 3 heterocycles. The number of carbonyl (C=O) groups is 2. The molecule has 0 spiro atoms. The van der Waals surface area contributed by atoms with Gasteiger partial charge in [0.15, 0.2) is 5.82 Å². The average molecular weight is 288 g/mol. The van der Waals surface area contributed by atoms with E-state index >= 15 is 0 Å². The van der Waals surface area contributed by atoms with E-state index in [1.807, 2.05) is 12.3 Å². The van der Waals surface area contributed by atoms with Gasteiger partial charge in [0.1, 0.15) is 6.54 Å². The monoisotopic (exact) mass is 288 g/mol. The fraction of sp³-hybridized carbons (Fsp3) is 0.231. The van der Waals surface area contributed by atoms with Gasteiger partial charge in [-0.1, -0.05) is 0 Å². The normalized spacial score (nSPS) is 13.8. The molecule has 6 nitrogen and oxygen atoms in total. The Balaban J connectivity index is 1.86. The van der Waals surface area contributed by atoms with Gasteiger partial charge in [0.25, 0.3) is 0 Å². The molecule has 0 unspecified atom stereocenters. The van der Waals surface area contributed by atoms with E-state index in [-0.39, 0.29) is 24.8 Å². The number of hydrogen-bond acceptors (Lipinski definition) is 5. The third kappa shape index (κ3) is 2.39. The standard InChI is InChI=1S/C13H12N4O2S/c1-8-15-9(7-20-8)5-12(19)17-6-11(18)16-10-3-2-4-14-13(10)17/h2-4,7H,5-6H2,1H3,(H,16,18). The number of fused-ring (bicyclic) bond motifs is 1. The third-order valence-corrected chi connectivity index (χ3v) is 3.74. The summed E-state index contributed by atoms with van der Waals surface area (Å²) >= 11 is 1.50. The first-order chi connectivity index (χ1) is 9.63. The van der Waals surface area contributed by atoms with Gasteiger partial charge in [-0.3, -0.25) is 14.5 Å². The number of aryl methyl sites for hydroxylation is 1. The van der Waals surface area contributed by atoms with Crippen molar-refractivity contribution >= 4 is 34.7 Å². The lowest BCUT2D eigenvalue weighted by Gasteiger charge is -2.27. The molecule has 2 aromatic rings. The van der Waals surface area contributed by atoms with Crippen LogP contribution in [0.1, 0.15) is 10.7 Å². The fourth-order valence-electron chi connectivity index (χ4n) is 2.06. The number of hydrogen-bond donors (Lipinski definition) is 1. The summed E-state index contributed by atoms with van der Waals surface area (Å²) in [5, 5.41) is 5.48. The topological polar surface area (TPSA) is 75.2 Å². The van der Waals surface area contributed by atoms with E-state index in [1.54, 1.807) is 18.3 Å². The first-order valence-electron chi connectivity index (χ1n) is 6.10. The summed E-state index contributed by atoms with van der Waals surface area (Å²) in [4.78, 5) is 33.9. The molecule has 7 heteroatoms. The van der Waals surface area contributed by atoms with Crippen molar-refractivity contribution in [2.75, 3.05) is 16.8 Å². The van der Waals surface area contributed by atoms with Gasteiger partial charge in [0.05, 0.1) is 22.8 Å². The molecule has 0 aromatic carbocycles. The Morgan fingerprint density at radius 3 is 3.15 bits per heavy atom. The minimum Gasteiger partial charge on any atom is -0.321 e. The van der Waals surface area contributed by atoms with Gasteiger partial charge in [0.2, 0.25) is 11.8 Å². The van der Waals surface area contributed by atoms with Crippen molar-refractivity contribution in [2.24, 2.45) is 0 Å². The van der Waals surface area contributed by atoms with Crippen LogP contribution in [-0.2, 0) is 16.0 Å². The van der Waals surface area contributed by atoms with Gasteiger partial charge in [-0.25, -0.2) is 9.97 Å². The lowest BCUT2D eigenvalue weighted by Crippen LogP contribution is -2.43. The van der Waals surface area contributed by atoms with Crippen molar-refractivity contribution in [3.8, 4) is 0 Å². The molecule has 0 bridgehead atoms. The van der Waals surface area contributed by atoms with Crippen molar-refractivity contribution in [2.45, 2.75) is 13.3 Å². The lowest BCUT2D eigenvalue weighted by molar-refractivity contribution is -0.121.